The van der Waals surface area contributed by atoms with Crippen molar-refractivity contribution in [1.82, 2.24) is 0 Å². The Hall–Kier alpha value is -1.03. The van der Waals surface area contributed by atoms with Gasteiger partial charge in [-0.3, -0.25) is 0 Å². The monoisotopic (exact) mass is 206 g/mol. The minimum absolute atomic E-state index is 0.477. The Bertz CT molecular complexity index is 471. The van der Waals surface area contributed by atoms with Gasteiger partial charge in [0, 0.05) is 5.02 Å². The predicted molar refractivity (Wildman–Crippen MR) is 58.8 cm³/mol. The zero-order chi connectivity index (χ0) is 10.1. The van der Waals surface area contributed by atoms with E-state index in [0.717, 1.165) is 10.8 Å². The van der Waals surface area contributed by atoms with Gasteiger partial charge in [-0.25, -0.2) is 0 Å². The number of hydrogen-bond acceptors (Lipinski definition) is 2. The number of benzene rings is 2. The second-order valence-electron chi connectivity index (χ2n) is 3.09. The summed E-state index contributed by atoms with van der Waals surface area (Å²) in [4.78, 5) is 0. The van der Waals surface area contributed by atoms with Gasteiger partial charge >= 0.3 is 7.12 Å². The molecule has 0 unspecified atom stereocenters. The Kier molecular flexibility index (Phi) is 2.46. The average molecular weight is 206 g/mol. The molecule has 0 saturated heterocycles. The Balaban J connectivity index is 2.77. The number of hydrogen-bond donors (Lipinski definition) is 2. The molecule has 0 aliphatic carbocycles. The quantitative estimate of drug-likeness (QED) is 0.688. The molecule has 2 N–H and O–H groups in total. The Morgan fingerprint density at radius 1 is 1.07 bits per heavy atom. The van der Waals surface area contributed by atoms with Crippen LogP contribution in [0.5, 0.6) is 0 Å². The molecule has 70 valence electrons. The zero-order valence-corrected chi connectivity index (χ0v) is 8.07. The highest BCUT2D eigenvalue weighted by Gasteiger charge is 2.13. The van der Waals surface area contributed by atoms with Crippen molar-refractivity contribution < 1.29 is 10.0 Å². The normalized spacial score (nSPS) is 10.5. The molecule has 0 atom stereocenters. The molecule has 0 fully saturated rings. The van der Waals surface area contributed by atoms with Crippen LogP contribution in [0.2, 0.25) is 5.02 Å². The van der Waals surface area contributed by atoms with Gasteiger partial charge in [-0.15, -0.1) is 0 Å². The van der Waals surface area contributed by atoms with Crippen molar-refractivity contribution in [2.24, 2.45) is 0 Å². The molecule has 0 radical (unpaired) electrons. The van der Waals surface area contributed by atoms with Crippen LogP contribution in [0, 0.1) is 0 Å². The van der Waals surface area contributed by atoms with E-state index in [-0.39, 0.29) is 0 Å². The summed E-state index contributed by atoms with van der Waals surface area (Å²) < 4.78 is 0. The highest BCUT2D eigenvalue weighted by molar-refractivity contribution is 6.62. The van der Waals surface area contributed by atoms with Crippen molar-refractivity contribution in [3.05, 3.63) is 41.4 Å². The minimum Gasteiger partial charge on any atom is -0.423 e. The molecule has 0 aromatic heterocycles. The predicted octanol–water partition coefficient (Wildman–Crippen LogP) is 1.17. The van der Waals surface area contributed by atoms with Crippen LogP contribution >= 0.6 is 11.6 Å². The first-order valence-electron chi connectivity index (χ1n) is 4.23. The van der Waals surface area contributed by atoms with Crippen molar-refractivity contribution in [3.8, 4) is 0 Å². The van der Waals surface area contributed by atoms with Gasteiger partial charge in [0.25, 0.3) is 0 Å². The van der Waals surface area contributed by atoms with E-state index in [2.05, 4.69) is 0 Å². The molecule has 0 saturated carbocycles. The van der Waals surface area contributed by atoms with E-state index in [9.17, 15) is 0 Å². The van der Waals surface area contributed by atoms with Gasteiger partial charge in [-0.1, -0.05) is 35.9 Å². The summed E-state index contributed by atoms with van der Waals surface area (Å²) in [6.07, 6.45) is 0. The third-order valence-corrected chi connectivity index (χ3v) is 2.39. The first-order valence-corrected chi connectivity index (χ1v) is 4.60. The average Bonchev–Trinajstić information content (AvgIpc) is 2.16. The van der Waals surface area contributed by atoms with Crippen molar-refractivity contribution in [2.75, 3.05) is 0 Å². The molecule has 0 spiro atoms. The summed E-state index contributed by atoms with van der Waals surface area (Å²) in [6, 6.07) is 10.7. The first-order chi connectivity index (χ1) is 6.68. The maximum Gasteiger partial charge on any atom is 0.489 e. The van der Waals surface area contributed by atoms with Crippen LogP contribution in [-0.2, 0) is 0 Å². The summed E-state index contributed by atoms with van der Waals surface area (Å²) in [5, 5.41) is 20.6. The van der Waals surface area contributed by atoms with E-state index in [1.807, 2.05) is 12.1 Å². The molecule has 2 rings (SSSR count). The van der Waals surface area contributed by atoms with Gasteiger partial charge in [0.15, 0.2) is 0 Å². The Morgan fingerprint density at radius 3 is 2.57 bits per heavy atom. The van der Waals surface area contributed by atoms with Crippen LogP contribution in [0.1, 0.15) is 0 Å². The second kappa shape index (κ2) is 3.61. The van der Waals surface area contributed by atoms with Crippen LogP contribution in [-0.4, -0.2) is 17.2 Å². The molecule has 0 heterocycles. The lowest BCUT2D eigenvalue weighted by atomic mass is 9.77. The molecular formula is C10H8BClO2. The highest BCUT2D eigenvalue weighted by atomic mass is 35.5. The van der Waals surface area contributed by atoms with E-state index in [4.69, 9.17) is 21.6 Å². The summed E-state index contributed by atoms with van der Waals surface area (Å²) in [5.41, 5.74) is 0.477. The zero-order valence-electron chi connectivity index (χ0n) is 7.31. The van der Waals surface area contributed by atoms with Gasteiger partial charge in [-0.05, 0) is 28.4 Å². The third-order valence-electron chi connectivity index (χ3n) is 2.16. The first kappa shape index (κ1) is 9.53. The summed E-state index contributed by atoms with van der Waals surface area (Å²) >= 11 is 5.83. The lowest BCUT2D eigenvalue weighted by molar-refractivity contribution is 0.426. The van der Waals surface area contributed by atoms with Crippen molar-refractivity contribution in [1.29, 1.82) is 0 Å². The summed E-state index contributed by atoms with van der Waals surface area (Å²) in [5.74, 6) is 0. The molecule has 0 bridgehead atoms. The van der Waals surface area contributed by atoms with Crippen LogP contribution in [0.3, 0.4) is 0 Å². The molecular weight excluding hydrogens is 198 g/mol. The van der Waals surface area contributed by atoms with Crippen LogP contribution in [0.15, 0.2) is 36.4 Å². The summed E-state index contributed by atoms with van der Waals surface area (Å²) in [6.45, 7) is 0. The molecule has 14 heavy (non-hydrogen) atoms. The smallest absolute Gasteiger partial charge is 0.423 e. The van der Waals surface area contributed by atoms with Crippen LogP contribution < -0.4 is 5.46 Å². The lowest BCUT2D eigenvalue weighted by Gasteiger charge is -2.05. The van der Waals surface area contributed by atoms with E-state index in [1.54, 1.807) is 24.3 Å². The molecule has 0 amide bonds. The van der Waals surface area contributed by atoms with Crippen molar-refractivity contribution in [3.63, 3.8) is 0 Å². The molecule has 0 aliphatic rings. The van der Waals surface area contributed by atoms with Gasteiger partial charge < -0.3 is 10.0 Å². The molecule has 2 nitrogen and oxygen atoms in total. The van der Waals surface area contributed by atoms with Crippen molar-refractivity contribution >= 4 is 35.0 Å². The third kappa shape index (κ3) is 1.62. The topological polar surface area (TPSA) is 40.5 Å². The Morgan fingerprint density at radius 2 is 1.86 bits per heavy atom. The van der Waals surface area contributed by atoms with E-state index in [0.29, 0.717) is 10.5 Å². The molecule has 4 heteroatoms. The highest BCUT2D eigenvalue weighted by Crippen LogP contribution is 2.17. The fourth-order valence-electron chi connectivity index (χ4n) is 1.49. The van der Waals surface area contributed by atoms with Crippen LogP contribution in [0.4, 0.5) is 0 Å². The lowest BCUT2D eigenvalue weighted by Crippen LogP contribution is -2.30. The van der Waals surface area contributed by atoms with Gasteiger partial charge in [0.05, 0.1) is 0 Å². The van der Waals surface area contributed by atoms with E-state index < -0.39 is 7.12 Å². The van der Waals surface area contributed by atoms with Crippen LogP contribution in [0.25, 0.3) is 10.8 Å². The number of halogens is 1. The number of rotatable bonds is 1. The van der Waals surface area contributed by atoms with Crippen molar-refractivity contribution in [2.45, 2.75) is 0 Å². The van der Waals surface area contributed by atoms with E-state index >= 15 is 0 Å². The minimum atomic E-state index is -1.46. The maximum atomic E-state index is 9.13. The van der Waals surface area contributed by atoms with E-state index in [1.165, 1.54) is 0 Å². The molecule has 2 aromatic rings. The molecule has 2 aromatic carbocycles. The fourth-order valence-corrected chi connectivity index (χ4v) is 1.67. The fraction of sp³-hybridized carbons (Fsp3) is 0. The standard InChI is InChI=1S/C10H8BClO2/c12-8-5-4-7-2-1-3-10(11(13)14)9(7)6-8/h1-6,13-14H. The SMILES string of the molecule is OB(O)c1cccc2ccc(Cl)cc12. The largest absolute Gasteiger partial charge is 0.489 e. The van der Waals surface area contributed by atoms with Gasteiger partial charge in [0.1, 0.15) is 0 Å². The maximum absolute atomic E-state index is 9.13. The van der Waals surface area contributed by atoms with Gasteiger partial charge in [0.2, 0.25) is 0 Å². The second-order valence-corrected chi connectivity index (χ2v) is 3.52. The molecule has 0 aliphatic heterocycles. The number of fused-ring (bicyclic) bond motifs is 1. The Labute approximate surface area is 86.9 Å². The summed E-state index contributed by atoms with van der Waals surface area (Å²) in [7, 11) is -1.46. The van der Waals surface area contributed by atoms with Gasteiger partial charge in [-0.2, -0.15) is 0 Å².